The zero-order chi connectivity index (χ0) is 16.5. The molecule has 128 valence electrons. The van der Waals surface area contributed by atoms with Crippen molar-refractivity contribution in [2.24, 2.45) is 17.8 Å². The number of carboxylic acids is 1. The highest BCUT2D eigenvalue weighted by Crippen LogP contribution is 2.31. The van der Waals surface area contributed by atoms with Crippen LogP contribution >= 0.6 is 0 Å². The van der Waals surface area contributed by atoms with Gasteiger partial charge in [0.2, 0.25) is 0 Å². The summed E-state index contributed by atoms with van der Waals surface area (Å²) in [7, 11) is 0. The first-order chi connectivity index (χ1) is 10.5. The third kappa shape index (κ3) is 6.37. The molecule has 0 heterocycles. The molecule has 2 rings (SSSR count). The molecule has 0 unspecified atom stereocenters. The Bertz CT molecular complexity index is 337. The average molecular weight is 312 g/mol. The summed E-state index contributed by atoms with van der Waals surface area (Å²) in [5, 5.41) is 8.93. The lowest BCUT2D eigenvalue weighted by Gasteiger charge is -2.29. The summed E-state index contributed by atoms with van der Waals surface area (Å²) in [4.78, 5) is 22.9. The van der Waals surface area contributed by atoms with Crippen LogP contribution < -0.4 is 0 Å². The Morgan fingerprint density at radius 3 is 1.82 bits per heavy atom. The van der Waals surface area contributed by atoms with E-state index in [0.29, 0.717) is 25.7 Å². The molecule has 2 aliphatic rings. The Balaban J connectivity index is 0.000000745. The molecule has 0 aliphatic heterocycles. The highest BCUT2D eigenvalue weighted by molar-refractivity contribution is 5.73. The van der Waals surface area contributed by atoms with E-state index in [0.717, 1.165) is 31.6 Å². The average Bonchev–Trinajstić information content (AvgIpc) is 2.49. The standard InChI is InChI=1S/C15H24O4.C3H8/c1-10-2-4-12(5-3-10)15(18)19-13-8-6-11(7-9-13)14(16)17;1-3-2/h10-13H,2-9H2,1H3,(H,16,17);3H2,1-2H3. The van der Waals surface area contributed by atoms with Crippen LogP contribution in [0.1, 0.15) is 78.6 Å². The Kier molecular flexibility index (Phi) is 8.51. The summed E-state index contributed by atoms with van der Waals surface area (Å²) in [5.41, 5.74) is 0. The summed E-state index contributed by atoms with van der Waals surface area (Å²) in [6, 6.07) is 0. The van der Waals surface area contributed by atoms with Crippen molar-refractivity contribution in [2.75, 3.05) is 0 Å². The third-order valence-electron chi connectivity index (χ3n) is 4.66. The fourth-order valence-electron chi connectivity index (χ4n) is 3.18. The lowest BCUT2D eigenvalue weighted by molar-refractivity contribution is -0.158. The summed E-state index contributed by atoms with van der Waals surface area (Å²) in [5.74, 6) is -0.203. The molecule has 4 heteroatoms. The van der Waals surface area contributed by atoms with Crippen molar-refractivity contribution >= 4 is 11.9 Å². The van der Waals surface area contributed by atoms with Crippen LogP contribution in [0.3, 0.4) is 0 Å². The van der Waals surface area contributed by atoms with Gasteiger partial charge in [0, 0.05) is 0 Å². The van der Waals surface area contributed by atoms with Crippen molar-refractivity contribution in [3.05, 3.63) is 0 Å². The van der Waals surface area contributed by atoms with Crippen molar-refractivity contribution in [3.63, 3.8) is 0 Å². The predicted molar refractivity (Wildman–Crippen MR) is 86.6 cm³/mol. The molecule has 2 saturated carbocycles. The summed E-state index contributed by atoms with van der Waals surface area (Å²) < 4.78 is 5.56. The van der Waals surface area contributed by atoms with Gasteiger partial charge in [0.05, 0.1) is 11.8 Å². The van der Waals surface area contributed by atoms with E-state index in [9.17, 15) is 9.59 Å². The number of hydrogen-bond donors (Lipinski definition) is 1. The van der Waals surface area contributed by atoms with Crippen LogP contribution in [0.25, 0.3) is 0 Å². The SMILES string of the molecule is CC1CCC(C(=O)OC2CCC(C(=O)O)CC2)CC1.CCC. The monoisotopic (exact) mass is 312 g/mol. The van der Waals surface area contributed by atoms with Crippen molar-refractivity contribution in [1.29, 1.82) is 0 Å². The first kappa shape index (κ1) is 19.0. The number of carboxylic acid groups (broad SMARTS) is 1. The number of aliphatic carboxylic acids is 1. The second-order valence-corrected chi connectivity index (χ2v) is 6.91. The van der Waals surface area contributed by atoms with Crippen LogP contribution in [-0.2, 0) is 14.3 Å². The van der Waals surface area contributed by atoms with E-state index < -0.39 is 5.97 Å². The third-order valence-corrected chi connectivity index (χ3v) is 4.66. The second-order valence-electron chi connectivity index (χ2n) is 6.91. The van der Waals surface area contributed by atoms with Gasteiger partial charge < -0.3 is 9.84 Å². The van der Waals surface area contributed by atoms with Gasteiger partial charge in [-0.3, -0.25) is 9.59 Å². The fourth-order valence-corrected chi connectivity index (χ4v) is 3.18. The van der Waals surface area contributed by atoms with Crippen molar-refractivity contribution < 1.29 is 19.4 Å². The van der Waals surface area contributed by atoms with Crippen molar-refractivity contribution in [3.8, 4) is 0 Å². The van der Waals surface area contributed by atoms with Gasteiger partial charge in [0.15, 0.2) is 0 Å². The molecular formula is C18H32O4. The van der Waals surface area contributed by atoms with Crippen molar-refractivity contribution in [2.45, 2.75) is 84.7 Å². The summed E-state index contributed by atoms with van der Waals surface area (Å²) >= 11 is 0. The number of carbonyl (C=O) groups excluding carboxylic acids is 1. The summed E-state index contributed by atoms with van der Waals surface area (Å²) in [6.07, 6.45) is 8.00. The zero-order valence-electron chi connectivity index (χ0n) is 14.3. The molecule has 4 nitrogen and oxygen atoms in total. The molecule has 0 amide bonds. The molecule has 22 heavy (non-hydrogen) atoms. The minimum atomic E-state index is -0.717. The lowest BCUT2D eigenvalue weighted by Crippen LogP contribution is -2.31. The Morgan fingerprint density at radius 2 is 1.36 bits per heavy atom. The van der Waals surface area contributed by atoms with Crippen LogP contribution in [0.15, 0.2) is 0 Å². The number of hydrogen-bond acceptors (Lipinski definition) is 3. The van der Waals surface area contributed by atoms with E-state index in [2.05, 4.69) is 20.8 Å². The van der Waals surface area contributed by atoms with E-state index in [-0.39, 0.29) is 23.9 Å². The van der Waals surface area contributed by atoms with Gasteiger partial charge in [-0.15, -0.1) is 0 Å². The highest BCUT2D eigenvalue weighted by atomic mass is 16.5. The highest BCUT2D eigenvalue weighted by Gasteiger charge is 2.31. The molecule has 0 saturated heterocycles. The molecule has 2 fully saturated rings. The molecule has 1 N–H and O–H groups in total. The molecule has 2 aliphatic carbocycles. The largest absolute Gasteiger partial charge is 0.481 e. The fraction of sp³-hybridized carbons (Fsp3) is 0.889. The van der Waals surface area contributed by atoms with Gasteiger partial charge >= 0.3 is 11.9 Å². The minimum absolute atomic E-state index is 0.0503. The van der Waals surface area contributed by atoms with E-state index in [1.54, 1.807) is 0 Å². The molecule has 0 aromatic heterocycles. The van der Waals surface area contributed by atoms with Gasteiger partial charge in [-0.2, -0.15) is 0 Å². The van der Waals surface area contributed by atoms with E-state index >= 15 is 0 Å². The smallest absolute Gasteiger partial charge is 0.309 e. The maximum absolute atomic E-state index is 12.0. The Morgan fingerprint density at radius 1 is 0.909 bits per heavy atom. The normalized spacial score (nSPS) is 31.6. The van der Waals surface area contributed by atoms with Crippen LogP contribution in [0, 0.1) is 17.8 Å². The van der Waals surface area contributed by atoms with Gasteiger partial charge in [0.1, 0.15) is 6.10 Å². The molecular weight excluding hydrogens is 280 g/mol. The van der Waals surface area contributed by atoms with Crippen molar-refractivity contribution in [1.82, 2.24) is 0 Å². The van der Waals surface area contributed by atoms with Gasteiger partial charge in [-0.25, -0.2) is 0 Å². The van der Waals surface area contributed by atoms with Gasteiger partial charge in [-0.05, 0) is 57.3 Å². The molecule has 0 radical (unpaired) electrons. The Hall–Kier alpha value is -1.06. The molecule has 0 atom stereocenters. The van der Waals surface area contributed by atoms with Crippen LogP contribution in [0.5, 0.6) is 0 Å². The first-order valence-electron chi connectivity index (χ1n) is 8.91. The number of esters is 1. The maximum atomic E-state index is 12.0. The molecule has 0 aromatic carbocycles. The van der Waals surface area contributed by atoms with E-state index in [1.165, 1.54) is 6.42 Å². The quantitative estimate of drug-likeness (QED) is 0.784. The Labute approximate surface area is 134 Å². The van der Waals surface area contributed by atoms with E-state index in [4.69, 9.17) is 9.84 Å². The van der Waals surface area contributed by atoms with Crippen LogP contribution in [0.2, 0.25) is 0 Å². The predicted octanol–water partition coefficient (Wildman–Crippen LogP) is 4.42. The molecule has 0 spiro atoms. The van der Waals surface area contributed by atoms with Gasteiger partial charge in [-0.1, -0.05) is 27.2 Å². The van der Waals surface area contributed by atoms with Gasteiger partial charge in [0.25, 0.3) is 0 Å². The minimum Gasteiger partial charge on any atom is -0.481 e. The first-order valence-corrected chi connectivity index (χ1v) is 8.91. The maximum Gasteiger partial charge on any atom is 0.309 e. The summed E-state index contributed by atoms with van der Waals surface area (Å²) in [6.45, 7) is 6.48. The number of ether oxygens (including phenoxy) is 1. The molecule has 0 aromatic rings. The second kappa shape index (κ2) is 9.86. The lowest BCUT2D eigenvalue weighted by atomic mass is 9.83. The number of rotatable bonds is 3. The van der Waals surface area contributed by atoms with E-state index in [1.807, 2.05) is 0 Å². The molecule has 0 bridgehead atoms. The van der Waals surface area contributed by atoms with Crippen LogP contribution in [0.4, 0.5) is 0 Å². The van der Waals surface area contributed by atoms with Crippen LogP contribution in [-0.4, -0.2) is 23.1 Å². The zero-order valence-corrected chi connectivity index (χ0v) is 14.3. The number of carbonyl (C=O) groups is 2. The topological polar surface area (TPSA) is 63.6 Å².